The first-order chi connectivity index (χ1) is 12.6. The Bertz CT molecular complexity index is 1060. The van der Waals surface area contributed by atoms with Gasteiger partial charge in [-0.05, 0) is 42.5 Å². The Morgan fingerprint density at radius 3 is 2.65 bits per heavy atom. The minimum Gasteiger partial charge on any atom is -0.488 e. The molecule has 0 radical (unpaired) electrons. The van der Waals surface area contributed by atoms with Crippen LogP contribution < -0.4 is 4.74 Å². The van der Waals surface area contributed by atoms with Crippen LogP contribution in [0.15, 0.2) is 65.1 Å². The molecule has 1 aromatic heterocycles. The van der Waals surface area contributed by atoms with Crippen LogP contribution in [-0.2, 0) is 6.61 Å². The zero-order valence-electron chi connectivity index (χ0n) is 13.4. The number of benzene rings is 3. The first kappa shape index (κ1) is 17.8. The highest BCUT2D eigenvalue weighted by Gasteiger charge is 2.13. The summed E-state index contributed by atoms with van der Waals surface area (Å²) in [6, 6.07) is 19.4. The Morgan fingerprint density at radius 1 is 1.00 bits per heavy atom. The van der Waals surface area contributed by atoms with Crippen LogP contribution in [0, 0.1) is 0 Å². The summed E-state index contributed by atoms with van der Waals surface area (Å²) < 4.78 is 8.19. The first-order valence-corrected chi connectivity index (χ1v) is 10.2. The SMILES string of the molecule is Clc1ccc(COc2ccc(Br)cc2-c2nc3ccccc3s2)c(Cl)c1. The Labute approximate surface area is 173 Å². The second kappa shape index (κ2) is 7.57. The summed E-state index contributed by atoms with van der Waals surface area (Å²) in [6.07, 6.45) is 0. The summed E-state index contributed by atoms with van der Waals surface area (Å²) in [5.74, 6) is 0.762. The van der Waals surface area contributed by atoms with Crippen LogP contribution in [0.25, 0.3) is 20.8 Å². The maximum atomic E-state index is 6.25. The van der Waals surface area contributed by atoms with Crippen LogP contribution in [0.4, 0.5) is 0 Å². The van der Waals surface area contributed by atoms with Crippen LogP contribution in [0.3, 0.4) is 0 Å². The molecule has 1 heterocycles. The molecule has 130 valence electrons. The number of fused-ring (bicyclic) bond motifs is 1. The van der Waals surface area contributed by atoms with Crippen LogP contribution in [0.2, 0.25) is 10.0 Å². The number of halogens is 3. The van der Waals surface area contributed by atoms with E-state index < -0.39 is 0 Å². The van der Waals surface area contributed by atoms with Crippen LogP contribution in [0.5, 0.6) is 5.75 Å². The third-order valence-corrected chi connectivity index (χ3v) is 6.01. The average Bonchev–Trinajstić information content (AvgIpc) is 3.06. The van der Waals surface area contributed by atoms with Crippen molar-refractivity contribution >= 4 is 60.7 Å². The predicted molar refractivity (Wildman–Crippen MR) is 114 cm³/mol. The number of thiazole rings is 1. The van der Waals surface area contributed by atoms with Crippen molar-refractivity contribution in [3.05, 3.63) is 80.7 Å². The molecule has 0 N–H and O–H groups in total. The summed E-state index contributed by atoms with van der Waals surface area (Å²) in [5, 5.41) is 2.12. The molecule has 0 amide bonds. The Morgan fingerprint density at radius 2 is 1.85 bits per heavy atom. The van der Waals surface area contributed by atoms with Crippen LogP contribution >= 0.6 is 50.5 Å². The van der Waals surface area contributed by atoms with Crippen molar-refractivity contribution in [2.75, 3.05) is 0 Å². The molecule has 0 atom stereocenters. The van der Waals surface area contributed by atoms with Gasteiger partial charge in [0, 0.05) is 20.1 Å². The van der Waals surface area contributed by atoms with E-state index in [0.29, 0.717) is 16.7 Å². The topological polar surface area (TPSA) is 22.1 Å². The van der Waals surface area contributed by atoms with Crippen molar-refractivity contribution in [3.8, 4) is 16.3 Å². The van der Waals surface area contributed by atoms with E-state index in [2.05, 4.69) is 22.0 Å². The number of ether oxygens (including phenoxy) is 1. The first-order valence-electron chi connectivity index (χ1n) is 7.82. The van der Waals surface area contributed by atoms with E-state index in [-0.39, 0.29) is 0 Å². The van der Waals surface area contributed by atoms with E-state index in [1.54, 1.807) is 17.4 Å². The molecule has 0 spiro atoms. The van der Waals surface area contributed by atoms with Gasteiger partial charge in [0.25, 0.3) is 0 Å². The summed E-state index contributed by atoms with van der Waals surface area (Å²) >= 11 is 17.4. The lowest BCUT2D eigenvalue weighted by atomic mass is 10.2. The van der Waals surface area contributed by atoms with E-state index in [1.807, 2.05) is 48.5 Å². The highest BCUT2D eigenvalue weighted by atomic mass is 79.9. The molecule has 0 aliphatic heterocycles. The molecule has 4 rings (SSSR count). The Kier molecular flexibility index (Phi) is 5.18. The van der Waals surface area contributed by atoms with Gasteiger partial charge >= 0.3 is 0 Å². The van der Waals surface area contributed by atoms with Gasteiger partial charge in [-0.15, -0.1) is 11.3 Å². The molecule has 0 unspecified atom stereocenters. The minimum absolute atomic E-state index is 0.357. The molecule has 2 nitrogen and oxygen atoms in total. The van der Waals surface area contributed by atoms with E-state index in [0.717, 1.165) is 36.6 Å². The van der Waals surface area contributed by atoms with Gasteiger partial charge in [0.1, 0.15) is 17.4 Å². The van der Waals surface area contributed by atoms with Gasteiger partial charge in [-0.3, -0.25) is 0 Å². The number of hydrogen-bond donors (Lipinski definition) is 0. The second-order valence-electron chi connectivity index (χ2n) is 5.65. The van der Waals surface area contributed by atoms with Crippen LogP contribution in [-0.4, -0.2) is 4.98 Å². The maximum Gasteiger partial charge on any atom is 0.130 e. The lowest BCUT2D eigenvalue weighted by molar-refractivity contribution is 0.307. The largest absolute Gasteiger partial charge is 0.488 e. The van der Waals surface area contributed by atoms with Crippen molar-refractivity contribution in [2.24, 2.45) is 0 Å². The van der Waals surface area contributed by atoms with E-state index >= 15 is 0 Å². The van der Waals surface area contributed by atoms with Gasteiger partial charge in [0.15, 0.2) is 0 Å². The molecule has 0 bridgehead atoms. The fraction of sp³-hybridized carbons (Fsp3) is 0.0500. The molecule has 3 aromatic carbocycles. The van der Waals surface area contributed by atoms with Crippen molar-refractivity contribution in [1.29, 1.82) is 0 Å². The predicted octanol–water partition coefficient (Wildman–Crippen LogP) is 7.61. The molecule has 6 heteroatoms. The third-order valence-electron chi connectivity index (χ3n) is 3.86. The van der Waals surface area contributed by atoms with Gasteiger partial charge in [-0.2, -0.15) is 0 Å². The standard InChI is InChI=1S/C20H12BrCl2NOS/c21-13-6-8-18(25-11-12-5-7-14(22)10-16(12)23)15(9-13)20-24-17-3-1-2-4-19(17)26-20/h1-10H,11H2. The van der Waals surface area contributed by atoms with Gasteiger partial charge in [0.2, 0.25) is 0 Å². The van der Waals surface area contributed by atoms with Gasteiger partial charge in [-0.1, -0.05) is 57.3 Å². The summed E-state index contributed by atoms with van der Waals surface area (Å²) in [7, 11) is 0. The van der Waals surface area contributed by atoms with Gasteiger partial charge < -0.3 is 4.74 Å². The zero-order valence-corrected chi connectivity index (χ0v) is 17.3. The Hall–Kier alpha value is -1.59. The molecule has 0 saturated carbocycles. The Balaban J connectivity index is 1.68. The molecule has 0 fully saturated rings. The number of aromatic nitrogens is 1. The van der Waals surface area contributed by atoms with Crippen molar-refractivity contribution < 1.29 is 4.74 Å². The number of nitrogens with zero attached hydrogens (tertiary/aromatic N) is 1. The maximum absolute atomic E-state index is 6.25. The minimum atomic E-state index is 0.357. The average molecular weight is 465 g/mol. The molecule has 0 aliphatic carbocycles. The number of para-hydroxylation sites is 1. The molecule has 0 saturated heterocycles. The van der Waals surface area contributed by atoms with E-state index in [4.69, 9.17) is 32.9 Å². The second-order valence-corrected chi connectivity index (χ2v) is 8.44. The summed E-state index contributed by atoms with van der Waals surface area (Å²) in [4.78, 5) is 4.74. The molecule has 26 heavy (non-hydrogen) atoms. The highest BCUT2D eigenvalue weighted by Crippen LogP contribution is 2.38. The van der Waals surface area contributed by atoms with Crippen molar-refractivity contribution in [1.82, 2.24) is 4.98 Å². The van der Waals surface area contributed by atoms with E-state index in [1.165, 1.54) is 0 Å². The van der Waals surface area contributed by atoms with Crippen LogP contribution in [0.1, 0.15) is 5.56 Å². The number of rotatable bonds is 4. The van der Waals surface area contributed by atoms with Crippen molar-refractivity contribution in [2.45, 2.75) is 6.61 Å². The molecule has 0 aliphatic rings. The number of hydrogen-bond acceptors (Lipinski definition) is 3. The zero-order chi connectivity index (χ0) is 18.1. The quantitative estimate of drug-likeness (QED) is 0.310. The molecular formula is C20H12BrCl2NOS. The monoisotopic (exact) mass is 463 g/mol. The summed E-state index contributed by atoms with van der Waals surface area (Å²) in [5.41, 5.74) is 2.82. The van der Waals surface area contributed by atoms with Crippen molar-refractivity contribution in [3.63, 3.8) is 0 Å². The van der Waals surface area contributed by atoms with E-state index in [9.17, 15) is 0 Å². The third kappa shape index (κ3) is 3.74. The fourth-order valence-electron chi connectivity index (χ4n) is 2.58. The van der Waals surface area contributed by atoms with Gasteiger partial charge in [0.05, 0.1) is 15.8 Å². The lowest BCUT2D eigenvalue weighted by Crippen LogP contribution is -1.98. The molecular weight excluding hydrogens is 453 g/mol. The fourth-order valence-corrected chi connectivity index (χ4v) is 4.39. The lowest BCUT2D eigenvalue weighted by Gasteiger charge is -2.12. The molecule has 4 aromatic rings. The smallest absolute Gasteiger partial charge is 0.130 e. The van der Waals surface area contributed by atoms with Gasteiger partial charge in [-0.25, -0.2) is 4.98 Å². The highest BCUT2D eigenvalue weighted by molar-refractivity contribution is 9.10. The normalized spacial score (nSPS) is 11.0. The summed E-state index contributed by atoms with van der Waals surface area (Å²) in [6.45, 7) is 0.357.